The van der Waals surface area contributed by atoms with E-state index in [0.717, 1.165) is 19.3 Å². The molecule has 9 nitrogen and oxygen atoms in total. The van der Waals surface area contributed by atoms with Crippen LogP contribution in [0.1, 0.15) is 53.4 Å². The van der Waals surface area contributed by atoms with Crippen molar-refractivity contribution in [3.63, 3.8) is 0 Å². The molecule has 0 heterocycles. The van der Waals surface area contributed by atoms with Crippen molar-refractivity contribution in [1.29, 1.82) is 0 Å². The van der Waals surface area contributed by atoms with Crippen molar-refractivity contribution < 1.29 is 42.8 Å². The number of rotatable bonds is 6. The maximum atomic E-state index is 14.1. The quantitative estimate of drug-likeness (QED) is 0.358. The molecular formula is C21H32FNO8. The summed E-state index contributed by atoms with van der Waals surface area (Å²) in [5.74, 6) is -1.77. The van der Waals surface area contributed by atoms with Gasteiger partial charge in [-0.3, -0.25) is 10.5 Å². The largest absolute Gasteiger partial charge is 0.511 e. The monoisotopic (exact) mass is 445 g/mol. The van der Waals surface area contributed by atoms with Crippen molar-refractivity contribution >= 4 is 18.3 Å². The summed E-state index contributed by atoms with van der Waals surface area (Å²) < 4.78 is 34.4. The van der Waals surface area contributed by atoms with Gasteiger partial charge in [-0.1, -0.05) is 27.2 Å². The van der Waals surface area contributed by atoms with E-state index in [4.69, 9.17) is 25.1 Å². The van der Waals surface area contributed by atoms with Gasteiger partial charge >= 0.3 is 18.3 Å². The van der Waals surface area contributed by atoms with Crippen molar-refractivity contribution in [2.75, 3.05) is 0 Å². The smallest absolute Gasteiger partial charge is 0.450 e. The lowest BCUT2D eigenvalue weighted by molar-refractivity contribution is -0.174. The molecule has 0 spiro atoms. The molecule has 0 bridgehead atoms. The Morgan fingerprint density at radius 3 is 2.42 bits per heavy atom. The summed E-state index contributed by atoms with van der Waals surface area (Å²) in [4.78, 5) is 35.5. The van der Waals surface area contributed by atoms with E-state index in [1.54, 1.807) is 0 Å². The molecule has 3 saturated carbocycles. The van der Waals surface area contributed by atoms with Crippen molar-refractivity contribution in [3.05, 3.63) is 0 Å². The van der Waals surface area contributed by atoms with Gasteiger partial charge < -0.3 is 24.1 Å². The Kier molecular flexibility index (Phi) is 6.69. The van der Waals surface area contributed by atoms with Gasteiger partial charge in [0.25, 0.3) is 0 Å². The van der Waals surface area contributed by atoms with Gasteiger partial charge in [0, 0.05) is 12.8 Å². The highest BCUT2D eigenvalue weighted by molar-refractivity contribution is 5.78. The lowest BCUT2D eigenvalue weighted by Crippen LogP contribution is -2.53. The fraction of sp³-hybridized carbons (Fsp3) is 0.857. The third-order valence-corrected chi connectivity index (χ3v) is 6.95. The Balaban J connectivity index is 1.50. The third-order valence-electron chi connectivity index (χ3n) is 6.95. The molecular weight excluding hydrogens is 413 g/mol. The molecule has 0 amide bonds. The van der Waals surface area contributed by atoms with Gasteiger partial charge in [0.15, 0.2) is 6.17 Å². The average molecular weight is 445 g/mol. The molecule has 9 atom stereocenters. The molecule has 3 rings (SSSR count). The number of carbonyl (C=O) groups excluding carboxylic acids is 2. The molecule has 0 aromatic rings. The minimum atomic E-state index is -2.08. The Labute approximate surface area is 180 Å². The summed E-state index contributed by atoms with van der Waals surface area (Å²) in [6, 6.07) is 0. The van der Waals surface area contributed by atoms with E-state index < -0.39 is 54.2 Å². The van der Waals surface area contributed by atoms with Crippen LogP contribution in [-0.4, -0.2) is 47.7 Å². The fourth-order valence-electron chi connectivity index (χ4n) is 5.32. The zero-order chi connectivity index (χ0) is 23.1. The zero-order valence-corrected chi connectivity index (χ0v) is 18.3. The number of hydrogen-bond acceptors (Lipinski definition) is 8. The molecule has 0 saturated heterocycles. The first-order valence-electron chi connectivity index (χ1n) is 10.9. The second kappa shape index (κ2) is 8.80. The fourth-order valence-corrected chi connectivity index (χ4v) is 5.32. The summed E-state index contributed by atoms with van der Waals surface area (Å²) in [6.45, 7) is 7.67. The van der Waals surface area contributed by atoms with Crippen LogP contribution in [0.15, 0.2) is 0 Å². The van der Waals surface area contributed by atoms with E-state index >= 15 is 0 Å². The highest BCUT2D eigenvalue weighted by atomic mass is 19.1. The van der Waals surface area contributed by atoms with E-state index in [-0.39, 0.29) is 18.4 Å². The third kappa shape index (κ3) is 4.88. The molecule has 3 N–H and O–H groups in total. The van der Waals surface area contributed by atoms with Crippen LogP contribution in [0.2, 0.25) is 0 Å². The normalized spacial score (nSPS) is 39.9. The lowest BCUT2D eigenvalue weighted by Gasteiger charge is -2.36. The molecule has 0 aromatic heterocycles. The van der Waals surface area contributed by atoms with Crippen molar-refractivity contribution in [1.82, 2.24) is 0 Å². The minimum Gasteiger partial charge on any atom is -0.450 e. The van der Waals surface area contributed by atoms with Gasteiger partial charge in [-0.05, 0) is 42.9 Å². The Bertz CT molecular complexity index is 717. The molecule has 176 valence electrons. The molecule has 10 heteroatoms. The Hall–Kier alpha value is -2.10. The first kappa shape index (κ1) is 23.6. The highest BCUT2D eigenvalue weighted by Gasteiger charge is 2.74. The minimum absolute atomic E-state index is 0.0953. The van der Waals surface area contributed by atoms with Gasteiger partial charge in [-0.2, -0.15) is 0 Å². The molecule has 1 unspecified atom stereocenters. The summed E-state index contributed by atoms with van der Waals surface area (Å²) >= 11 is 0. The van der Waals surface area contributed by atoms with Crippen LogP contribution in [0.5, 0.6) is 0 Å². The van der Waals surface area contributed by atoms with E-state index in [0.29, 0.717) is 11.8 Å². The second-order valence-corrected chi connectivity index (χ2v) is 9.49. The highest BCUT2D eigenvalue weighted by Crippen LogP contribution is 2.63. The van der Waals surface area contributed by atoms with Crippen LogP contribution in [0.3, 0.4) is 0 Å². The first-order valence-corrected chi connectivity index (χ1v) is 10.9. The number of carboxylic acid groups (broad SMARTS) is 1. The number of alkyl halides is 1. The average Bonchev–Trinajstić information content (AvgIpc) is 3.28. The van der Waals surface area contributed by atoms with Crippen molar-refractivity contribution in [2.45, 2.75) is 77.7 Å². The number of ether oxygens (including phenoxy) is 4. The first-order chi connectivity index (χ1) is 14.4. The van der Waals surface area contributed by atoms with Crippen molar-refractivity contribution in [3.8, 4) is 0 Å². The summed E-state index contributed by atoms with van der Waals surface area (Å²) in [5, 5.41) is 8.81. The van der Waals surface area contributed by atoms with E-state index in [9.17, 15) is 18.8 Å². The summed E-state index contributed by atoms with van der Waals surface area (Å²) in [5.41, 5.74) is 3.71. The molecule has 0 aromatic carbocycles. The molecule has 3 aliphatic rings. The SMILES string of the molecule is CC(OC(=O)O[C@@H]1C[C@H](C)CC[C@H]1C(C)C)OC(=O)[C@H]1[C@@H]2C[C@H](F)[C@@](N)(OC(=O)O)[C@@H]21. The lowest BCUT2D eigenvalue weighted by atomic mass is 9.75. The van der Waals surface area contributed by atoms with Gasteiger partial charge in [-0.25, -0.2) is 14.0 Å². The van der Waals surface area contributed by atoms with Gasteiger partial charge in [-0.15, -0.1) is 0 Å². The van der Waals surface area contributed by atoms with Crippen LogP contribution in [0, 0.1) is 35.5 Å². The second-order valence-electron chi connectivity index (χ2n) is 9.49. The predicted molar refractivity (Wildman–Crippen MR) is 104 cm³/mol. The van der Waals surface area contributed by atoms with E-state index in [1.807, 2.05) is 0 Å². The summed E-state index contributed by atoms with van der Waals surface area (Å²) in [6.07, 6.45) is -3.06. The van der Waals surface area contributed by atoms with Gasteiger partial charge in [0.05, 0.1) is 5.92 Å². The molecule has 0 aliphatic heterocycles. The van der Waals surface area contributed by atoms with Crippen LogP contribution >= 0.6 is 0 Å². The van der Waals surface area contributed by atoms with Gasteiger partial charge in [0.2, 0.25) is 12.0 Å². The van der Waals surface area contributed by atoms with E-state index in [2.05, 4.69) is 25.5 Å². The maximum Gasteiger partial charge on any atom is 0.511 e. The maximum absolute atomic E-state index is 14.1. The number of esters is 1. The zero-order valence-electron chi connectivity index (χ0n) is 18.3. The number of fused-ring (bicyclic) bond motifs is 1. The topological polar surface area (TPSA) is 134 Å². The van der Waals surface area contributed by atoms with Crippen LogP contribution < -0.4 is 5.73 Å². The Morgan fingerprint density at radius 2 is 1.81 bits per heavy atom. The van der Waals surface area contributed by atoms with E-state index in [1.165, 1.54) is 6.92 Å². The molecule has 0 radical (unpaired) electrons. The molecule has 3 fully saturated rings. The summed E-state index contributed by atoms with van der Waals surface area (Å²) in [7, 11) is 0. The van der Waals surface area contributed by atoms with Gasteiger partial charge in [0.1, 0.15) is 6.10 Å². The number of nitrogens with two attached hydrogens (primary N) is 1. The standard InChI is InChI=1S/C21H32FNO8/c1-9(2)12-6-5-10(3)7-14(12)30-20(27)29-11(4)28-18(24)16-13-8-15(22)21(23,17(13)16)31-19(25)26/h9-17H,5-8,23H2,1-4H3,(H,25,26)/t10-,11?,12+,13+,14-,15+,16+,17+,21-/m1/s1. The Morgan fingerprint density at radius 1 is 1.13 bits per heavy atom. The molecule has 3 aliphatic carbocycles. The number of carbonyl (C=O) groups is 3. The van der Waals surface area contributed by atoms with Crippen LogP contribution in [0.25, 0.3) is 0 Å². The molecule has 31 heavy (non-hydrogen) atoms. The predicted octanol–water partition coefficient (Wildman–Crippen LogP) is 3.44. The number of halogens is 1. The van der Waals surface area contributed by atoms with Crippen LogP contribution in [-0.2, 0) is 23.7 Å². The number of hydrogen-bond donors (Lipinski definition) is 2. The van der Waals surface area contributed by atoms with Crippen LogP contribution in [0.4, 0.5) is 14.0 Å². The van der Waals surface area contributed by atoms with Crippen molar-refractivity contribution in [2.24, 2.45) is 41.2 Å².